The highest BCUT2D eigenvalue weighted by molar-refractivity contribution is 7.99. The van der Waals surface area contributed by atoms with Crippen LogP contribution in [0.15, 0.2) is 63.8 Å². The molecule has 0 radical (unpaired) electrons. The average Bonchev–Trinajstić information content (AvgIpc) is 3.22. The summed E-state index contributed by atoms with van der Waals surface area (Å²) < 4.78 is 19.4. The Kier molecular flexibility index (Phi) is 7.90. The van der Waals surface area contributed by atoms with E-state index in [2.05, 4.69) is 26.5 Å². The number of amides is 2. The third-order valence-electron chi connectivity index (χ3n) is 4.57. The van der Waals surface area contributed by atoms with Crippen LogP contribution in [0.3, 0.4) is 0 Å². The van der Waals surface area contributed by atoms with Gasteiger partial charge in [0.15, 0.2) is 5.76 Å². The number of aliphatic hydroxyl groups excluding tert-OH is 1. The number of nitrogens with zero attached hydrogens (tertiary/aromatic N) is 2. The molecule has 0 saturated carbocycles. The van der Waals surface area contributed by atoms with Crippen molar-refractivity contribution in [2.45, 2.75) is 13.3 Å². The number of benzene rings is 1. The number of carbonyl (C=O) groups excluding carboxylic acids is 2. The van der Waals surface area contributed by atoms with Gasteiger partial charge >= 0.3 is 0 Å². The number of rotatable bonds is 6. The Morgan fingerprint density at radius 3 is 2.70 bits per heavy atom. The summed E-state index contributed by atoms with van der Waals surface area (Å²) in [5.41, 5.74) is 2.70. The van der Waals surface area contributed by atoms with Crippen molar-refractivity contribution in [3.05, 3.63) is 83.1 Å². The molecule has 0 fully saturated rings. The number of hydrogen-bond acceptors (Lipinski definition) is 5. The number of aromatic nitrogens is 1. The molecule has 0 bridgehead atoms. The Morgan fingerprint density at radius 1 is 1.18 bits per heavy atom. The summed E-state index contributed by atoms with van der Waals surface area (Å²) in [7, 11) is -2.79. The molecule has 2 heterocycles. The van der Waals surface area contributed by atoms with Crippen LogP contribution in [0.2, 0.25) is 0 Å². The average molecular weight is 468 g/mol. The van der Waals surface area contributed by atoms with Crippen molar-refractivity contribution in [2.24, 2.45) is 4.36 Å². The maximum atomic E-state index is 12.4. The second-order valence-electron chi connectivity index (χ2n) is 7.47. The summed E-state index contributed by atoms with van der Waals surface area (Å²) in [5, 5.41) is 11.7. The van der Waals surface area contributed by atoms with Gasteiger partial charge in [-0.1, -0.05) is 17.9 Å². The number of nitrogens with one attached hydrogen (secondary N) is 1. The number of anilines is 1. The van der Waals surface area contributed by atoms with E-state index < -0.39 is 16.0 Å². The van der Waals surface area contributed by atoms with Gasteiger partial charge in [-0.3, -0.25) is 14.6 Å². The number of carbonyl (C=O) groups is 2. The van der Waals surface area contributed by atoms with Crippen molar-refractivity contribution in [1.82, 2.24) is 4.98 Å². The van der Waals surface area contributed by atoms with Crippen LogP contribution < -0.4 is 5.32 Å². The first-order valence-corrected chi connectivity index (χ1v) is 12.5. The lowest BCUT2D eigenvalue weighted by Gasteiger charge is -2.16. The molecule has 0 spiro atoms. The molecule has 8 nitrogen and oxygen atoms in total. The molecule has 3 aromatic rings. The van der Waals surface area contributed by atoms with E-state index in [0.29, 0.717) is 23.2 Å². The fraction of sp³-hybridized carbons (Fsp3) is 0.208. The number of aryl methyl sites for hydroxylation is 1. The predicted octanol–water partition coefficient (Wildman–Crippen LogP) is 3.33. The fourth-order valence-corrected chi connectivity index (χ4v) is 4.26. The molecule has 0 saturated heterocycles. The maximum absolute atomic E-state index is 12.4. The molecule has 33 heavy (non-hydrogen) atoms. The number of furan rings is 1. The van der Waals surface area contributed by atoms with Gasteiger partial charge in [-0.25, -0.2) is 0 Å². The van der Waals surface area contributed by atoms with Crippen LogP contribution in [0.25, 0.3) is 0 Å². The summed E-state index contributed by atoms with van der Waals surface area (Å²) in [5.74, 6) is 5.54. The lowest BCUT2D eigenvalue weighted by molar-refractivity contribution is 0.0991. The number of pyridine rings is 1. The summed E-state index contributed by atoms with van der Waals surface area (Å²) in [6.07, 6.45) is 6.26. The van der Waals surface area contributed by atoms with Gasteiger partial charge < -0.3 is 19.4 Å². The highest BCUT2D eigenvalue weighted by Crippen LogP contribution is 2.15. The summed E-state index contributed by atoms with van der Waals surface area (Å²) >= 11 is 0. The minimum atomic E-state index is -2.79. The second-order valence-corrected chi connectivity index (χ2v) is 10.3. The lowest BCUT2D eigenvalue weighted by atomic mass is 10.1. The van der Waals surface area contributed by atoms with Crippen molar-refractivity contribution < 1.29 is 23.7 Å². The van der Waals surface area contributed by atoms with Gasteiger partial charge in [0.2, 0.25) is 0 Å². The largest absolute Gasteiger partial charge is 0.459 e. The van der Waals surface area contributed by atoms with E-state index in [-0.39, 0.29) is 29.6 Å². The van der Waals surface area contributed by atoms with Gasteiger partial charge in [0, 0.05) is 47.1 Å². The zero-order valence-electron chi connectivity index (χ0n) is 18.3. The standard InChI is InChI=1S/C24H25N3O5S/c1-17-9-11-32-22(17)24(30)26-21-6-3-5-18(14-21)7-8-19-13-20(16-25-15-19)23(29)27-33(2,31)12-4-10-28/h3,5-6,9,11,13-16,28,33H,4,10,12H2,1-2H3,(H,26,30)(H,27,29,31). The van der Waals surface area contributed by atoms with Crippen LogP contribution in [0.4, 0.5) is 5.69 Å². The molecule has 0 unspecified atom stereocenters. The van der Waals surface area contributed by atoms with Gasteiger partial charge in [-0.05, 0) is 49.9 Å². The second kappa shape index (κ2) is 10.8. The molecule has 0 aliphatic carbocycles. The molecule has 1 aromatic carbocycles. The molecule has 0 atom stereocenters. The minimum absolute atomic E-state index is 0.0696. The summed E-state index contributed by atoms with van der Waals surface area (Å²) in [6.45, 7) is 1.72. The molecule has 9 heteroatoms. The molecule has 2 aromatic heterocycles. The lowest BCUT2D eigenvalue weighted by Crippen LogP contribution is -2.16. The molecule has 3 N–H and O–H groups in total. The fourth-order valence-electron chi connectivity index (χ4n) is 2.91. The Hall–Kier alpha value is -3.58. The van der Waals surface area contributed by atoms with E-state index in [1.165, 1.54) is 24.9 Å². The Morgan fingerprint density at radius 2 is 1.97 bits per heavy atom. The molecule has 0 aliphatic rings. The quantitative estimate of drug-likeness (QED) is 0.326. The zero-order chi connectivity index (χ0) is 23.8. The van der Waals surface area contributed by atoms with Crippen molar-refractivity contribution in [2.75, 3.05) is 23.9 Å². The monoisotopic (exact) mass is 467 g/mol. The van der Waals surface area contributed by atoms with Crippen LogP contribution in [0, 0.1) is 18.8 Å². The van der Waals surface area contributed by atoms with Crippen molar-refractivity contribution in [1.29, 1.82) is 0 Å². The van der Waals surface area contributed by atoms with Crippen molar-refractivity contribution >= 4 is 27.6 Å². The number of aliphatic hydroxyl groups is 1. The Balaban J connectivity index is 1.75. The van der Waals surface area contributed by atoms with Gasteiger partial charge in [0.1, 0.15) is 0 Å². The van der Waals surface area contributed by atoms with Gasteiger partial charge in [-0.2, -0.15) is 4.36 Å². The highest BCUT2D eigenvalue weighted by atomic mass is 32.3. The first-order valence-electron chi connectivity index (χ1n) is 10.2. The Labute approximate surface area is 193 Å². The topological polar surface area (TPSA) is 125 Å². The molecular formula is C24H25N3O5S. The first-order chi connectivity index (χ1) is 15.8. The summed E-state index contributed by atoms with van der Waals surface area (Å²) in [4.78, 5) is 28.8. The Bertz CT molecular complexity index is 1280. The van der Waals surface area contributed by atoms with E-state index in [9.17, 15) is 14.1 Å². The van der Waals surface area contributed by atoms with Gasteiger partial charge in [-0.15, -0.1) is 10.1 Å². The molecule has 3 rings (SSSR count). The predicted molar refractivity (Wildman–Crippen MR) is 129 cm³/mol. The van der Waals surface area contributed by atoms with Crippen LogP contribution in [-0.2, 0) is 10.1 Å². The van der Waals surface area contributed by atoms with E-state index >= 15 is 0 Å². The van der Waals surface area contributed by atoms with Crippen molar-refractivity contribution in [3.63, 3.8) is 0 Å². The molecule has 2 amide bonds. The molecular weight excluding hydrogens is 442 g/mol. The van der Waals surface area contributed by atoms with Crippen LogP contribution in [0.1, 0.15) is 44.0 Å². The van der Waals surface area contributed by atoms with Crippen LogP contribution in [-0.4, -0.2) is 45.1 Å². The van der Waals surface area contributed by atoms with Crippen LogP contribution >= 0.6 is 0 Å². The normalized spacial score (nSPS) is 11.3. The van der Waals surface area contributed by atoms with E-state index in [4.69, 9.17) is 9.52 Å². The maximum Gasteiger partial charge on any atom is 0.291 e. The smallest absolute Gasteiger partial charge is 0.291 e. The zero-order valence-corrected chi connectivity index (χ0v) is 19.2. The van der Waals surface area contributed by atoms with E-state index in [0.717, 1.165) is 5.56 Å². The molecule has 172 valence electrons. The van der Waals surface area contributed by atoms with Crippen LogP contribution in [0.5, 0.6) is 0 Å². The third-order valence-corrected chi connectivity index (χ3v) is 6.35. The van der Waals surface area contributed by atoms with E-state index in [1.807, 2.05) is 0 Å². The third kappa shape index (κ3) is 6.95. The highest BCUT2D eigenvalue weighted by Gasteiger charge is 2.13. The minimum Gasteiger partial charge on any atom is -0.459 e. The van der Waals surface area contributed by atoms with Crippen molar-refractivity contribution in [3.8, 4) is 11.8 Å². The first kappa shape index (κ1) is 24.1. The molecule has 0 aliphatic heterocycles. The number of thiol groups is 1. The van der Waals surface area contributed by atoms with E-state index in [1.54, 1.807) is 43.3 Å². The SMILES string of the molecule is Cc1ccoc1C(=O)Nc1cccc(C#Cc2cncc(C(=O)N=[SH](C)(O)CCCO)c2)c1. The van der Waals surface area contributed by atoms with Gasteiger partial charge in [0.05, 0.1) is 11.8 Å². The van der Waals surface area contributed by atoms with Gasteiger partial charge in [0.25, 0.3) is 11.8 Å². The number of hydrogen-bond donors (Lipinski definition) is 4. The summed E-state index contributed by atoms with van der Waals surface area (Å²) in [6, 6.07) is 10.3.